The van der Waals surface area contributed by atoms with Crippen LogP contribution >= 0.6 is 11.8 Å². The monoisotopic (exact) mass is 406 g/mol. The minimum atomic E-state index is -0.298. The van der Waals surface area contributed by atoms with Gasteiger partial charge in [-0.3, -0.25) is 0 Å². The SMILES string of the molecule is Cn1c(SCc2cc(-c3ccccc3)on2)nnc1[C@@H]1COc2ccccc2O1. The summed E-state index contributed by atoms with van der Waals surface area (Å²) in [5, 5.41) is 13.6. The highest BCUT2D eigenvalue weighted by Crippen LogP contribution is 2.36. The number of nitrogens with zero attached hydrogens (tertiary/aromatic N) is 4. The molecule has 8 heteroatoms. The average Bonchev–Trinajstić information content (AvgIpc) is 3.39. The molecule has 7 nitrogen and oxygen atoms in total. The second-order valence-electron chi connectivity index (χ2n) is 6.60. The molecule has 146 valence electrons. The molecule has 3 heterocycles. The van der Waals surface area contributed by atoms with Gasteiger partial charge < -0.3 is 18.6 Å². The third kappa shape index (κ3) is 3.58. The zero-order valence-electron chi connectivity index (χ0n) is 15.7. The van der Waals surface area contributed by atoms with Gasteiger partial charge in [-0.2, -0.15) is 0 Å². The normalized spacial score (nSPS) is 15.4. The first-order chi connectivity index (χ1) is 14.3. The molecule has 1 aliphatic rings. The molecule has 0 aliphatic carbocycles. The molecule has 0 saturated carbocycles. The molecule has 0 spiro atoms. The molecule has 2 aromatic carbocycles. The van der Waals surface area contributed by atoms with Crippen molar-refractivity contribution < 1.29 is 14.0 Å². The number of aromatic nitrogens is 4. The van der Waals surface area contributed by atoms with Gasteiger partial charge in [-0.05, 0) is 12.1 Å². The van der Waals surface area contributed by atoms with E-state index in [2.05, 4.69) is 15.4 Å². The van der Waals surface area contributed by atoms with Crippen LogP contribution in [0.2, 0.25) is 0 Å². The first-order valence-electron chi connectivity index (χ1n) is 9.19. The van der Waals surface area contributed by atoms with Gasteiger partial charge in [0.15, 0.2) is 34.3 Å². The second kappa shape index (κ2) is 7.63. The van der Waals surface area contributed by atoms with E-state index < -0.39 is 0 Å². The fourth-order valence-corrected chi connectivity index (χ4v) is 3.93. The number of thioether (sulfide) groups is 1. The van der Waals surface area contributed by atoms with E-state index in [4.69, 9.17) is 14.0 Å². The van der Waals surface area contributed by atoms with E-state index in [1.54, 1.807) is 11.8 Å². The first-order valence-corrected chi connectivity index (χ1v) is 10.2. The smallest absolute Gasteiger partial charge is 0.192 e. The van der Waals surface area contributed by atoms with Crippen LogP contribution in [0.5, 0.6) is 11.5 Å². The van der Waals surface area contributed by atoms with Gasteiger partial charge in [0.25, 0.3) is 0 Å². The van der Waals surface area contributed by atoms with E-state index in [9.17, 15) is 0 Å². The third-order valence-electron chi connectivity index (χ3n) is 4.63. The summed E-state index contributed by atoms with van der Waals surface area (Å²) in [6.07, 6.45) is -0.298. The lowest BCUT2D eigenvalue weighted by molar-refractivity contribution is 0.0825. The molecule has 0 unspecified atom stereocenters. The summed E-state index contributed by atoms with van der Waals surface area (Å²) < 4.78 is 19.2. The Morgan fingerprint density at radius 1 is 1.03 bits per heavy atom. The number of hydrogen-bond acceptors (Lipinski definition) is 7. The quantitative estimate of drug-likeness (QED) is 0.458. The van der Waals surface area contributed by atoms with Crippen LogP contribution in [0.15, 0.2) is 70.3 Å². The summed E-state index contributed by atoms with van der Waals surface area (Å²) in [5.74, 6) is 3.59. The van der Waals surface area contributed by atoms with Crippen LogP contribution in [0.1, 0.15) is 17.6 Å². The minimum absolute atomic E-state index is 0.298. The molecule has 0 radical (unpaired) electrons. The van der Waals surface area contributed by atoms with Crippen LogP contribution in [0, 0.1) is 0 Å². The van der Waals surface area contributed by atoms with Crippen LogP contribution in [-0.4, -0.2) is 26.5 Å². The van der Waals surface area contributed by atoms with Gasteiger partial charge in [-0.1, -0.05) is 59.4 Å². The van der Waals surface area contributed by atoms with E-state index in [-0.39, 0.29) is 6.10 Å². The molecule has 1 atom stereocenters. The van der Waals surface area contributed by atoms with Crippen LogP contribution in [0.4, 0.5) is 0 Å². The van der Waals surface area contributed by atoms with E-state index >= 15 is 0 Å². The molecule has 2 aromatic heterocycles. The number of ether oxygens (including phenoxy) is 2. The molecule has 0 fully saturated rings. The van der Waals surface area contributed by atoms with E-state index in [1.165, 1.54) is 0 Å². The summed E-state index contributed by atoms with van der Waals surface area (Å²) in [4.78, 5) is 0. The van der Waals surface area contributed by atoms with E-state index in [0.29, 0.717) is 12.4 Å². The molecule has 1 aliphatic heterocycles. The Balaban J connectivity index is 1.27. The Morgan fingerprint density at radius 2 is 1.83 bits per heavy atom. The van der Waals surface area contributed by atoms with Crippen LogP contribution in [0.3, 0.4) is 0 Å². The van der Waals surface area contributed by atoms with Gasteiger partial charge in [0.1, 0.15) is 6.61 Å². The molecule has 0 N–H and O–H groups in total. The van der Waals surface area contributed by atoms with Gasteiger partial charge in [0.2, 0.25) is 0 Å². The number of rotatable bonds is 5. The van der Waals surface area contributed by atoms with Gasteiger partial charge in [0.05, 0.1) is 5.69 Å². The van der Waals surface area contributed by atoms with Crippen LogP contribution in [0.25, 0.3) is 11.3 Å². The van der Waals surface area contributed by atoms with Gasteiger partial charge in [0, 0.05) is 24.4 Å². The Bertz CT molecular complexity index is 1130. The van der Waals surface area contributed by atoms with Gasteiger partial charge >= 0.3 is 0 Å². The van der Waals surface area contributed by atoms with Crippen molar-refractivity contribution in [3.05, 3.63) is 72.2 Å². The highest BCUT2D eigenvalue weighted by molar-refractivity contribution is 7.98. The van der Waals surface area contributed by atoms with Crippen molar-refractivity contribution in [2.45, 2.75) is 17.0 Å². The average molecular weight is 406 g/mol. The van der Waals surface area contributed by atoms with Crippen molar-refractivity contribution in [2.75, 3.05) is 6.61 Å². The maximum Gasteiger partial charge on any atom is 0.192 e. The zero-order chi connectivity index (χ0) is 19.6. The van der Waals surface area contributed by atoms with Crippen molar-refractivity contribution in [3.8, 4) is 22.8 Å². The lowest BCUT2D eigenvalue weighted by atomic mass is 10.2. The van der Waals surface area contributed by atoms with Crippen molar-refractivity contribution in [2.24, 2.45) is 7.05 Å². The second-order valence-corrected chi connectivity index (χ2v) is 7.54. The summed E-state index contributed by atoms with van der Waals surface area (Å²) in [6, 6.07) is 19.5. The Hall–Kier alpha value is -3.26. The van der Waals surface area contributed by atoms with Crippen LogP contribution < -0.4 is 9.47 Å². The Morgan fingerprint density at radius 3 is 2.69 bits per heavy atom. The minimum Gasteiger partial charge on any atom is -0.485 e. The summed E-state index contributed by atoms with van der Waals surface area (Å²) in [7, 11) is 1.93. The molecule has 4 aromatic rings. The fourth-order valence-electron chi connectivity index (χ4n) is 3.14. The number of para-hydroxylation sites is 2. The van der Waals surface area contributed by atoms with Crippen molar-refractivity contribution >= 4 is 11.8 Å². The maximum atomic E-state index is 6.04. The molecule has 0 bridgehead atoms. The number of fused-ring (bicyclic) bond motifs is 1. The molecule has 0 saturated heterocycles. The fraction of sp³-hybridized carbons (Fsp3) is 0.190. The zero-order valence-corrected chi connectivity index (χ0v) is 16.5. The third-order valence-corrected chi connectivity index (χ3v) is 5.69. The predicted octanol–water partition coefficient (Wildman–Crippen LogP) is 4.27. The lowest BCUT2D eigenvalue weighted by Crippen LogP contribution is -2.24. The maximum absolute atomic E-state index is 6.04. The van der Waals surface area contributed by atoms with Gasteiger partial charge in [-0.15, -0.1) is 10.2 Å². The number of hydrogen-bond donors (Lipinski definition) is 0. The first kappa shape index (κ1) is 17.8. The highest BCUT2D eigenvalue weighted by atomic mass is 32.2. The largest absolute Gasteiger partial charge is 0.485 e. The van der Waals surface area contributed by atoms with Crippen LogP contribution in [-0.2, 0) is 12.8 Å². The van der Waals surface area contributed by atoms with Gasteiger partial charge in [-0.25, -0.2) is 0 Å². The summed E-state index contributed by atoms with van der Waals surface area (Å²) in [5.41, 5.74) is 1.86. The highest BCUT2D eigenvalue weighted by Gasteiger charge is 2.27. The van der Waals surface area contributed by atoms with Crippen molar-refractivity contribution in [1.82, 2.24) is 19.9 Å². The predicted molar refractivity (Wildman–Crippen MR) is 108 cm³/mol. The summed E-state index contributed by atoms with van der Waals surface area (Å²) >= 11 is 1.55. The van der Waals surface area contributed by atoms with E-state index in [0.717, 1.165) is 39.5 Å². The summed E-state index contributed by atoms with van der Waals surface area (Å²) in [6.45, 7) is 0.400. The van der Waals surface area contributed by atoms with Crippen molar-refractivity contribution in [1.29, 1.82) is 0 Å². The molecule has 0 amide bonds. The molecule has 5 rings (SSSR count). The lowest BCUT2D eigenvalue weighted by Gasteiger charge is -2.25. The molecular weight excluding hydrogens is 388 g/mol. The molecule has 29 heavy (non-hydrogen) atoms. The Labute approximate surface area is 171 Å². The van der Waals surface area contributed by atoms with E-state index in [1.807, 2.05) is 72.3 Å². The van der Waals surface area contributed by atoms with Crippen molar-refractivity contribution in [3.63, 3.8) is 0 Å². The Kier molecular flexibility index (Phi) is 4.69. The topological polar surface area (TPSA) is 75.2 Å². The standard InChI is InChI=1S/C21H18N4O3S/c1-25-20(19-12-26-16-9-5-6-10-17(16)27-19)22-23-21(25)29-13-15-11-18(28-24-15)14-7-3-2-4-8-14/h2-11,19H,12-13H2,1H3/t19-/m0/s1. The number of benzene rings is 2. The molecular formula is C21H18N4O3S.